The van der Waals surface area contributed by atoms with E-state index in [0.29, 0.717) is 22.7 Å². The highest BCUT2D eigenvalue weighted by Crippen LogP contribution is 2.13. The molecule has 0 saturated heterocycles. The van der Waals surface area contributed by atoms with Crippen LogP contribution in [-0.4, -0.2) is 33.5 Å². The summed E-state index contributed by atoms with van der Waals surface area (Å²) >= 11 is 5.83. The second kappa shape index (κ2) is 9.18. The van der Waals surface area contributed by atoms with Crippen molar-refractivity contribution in [3.05, 3.63) is 47.2 Å². The fraction of sp³-hybridized carbons (Fsp3) is 0.333. The van der Waals surface area contributed by atoms with Crippen molar-refractivity contribution in [2.24, 2.45) is 11.7 Å². The van der Waals surface area contributed by atoms with Crippen LogP contribution in [0.15, 0.2) is 36.7 Å². The summed E-state index contributed by atoms with van der Waals surface area (Å²) in [6.07, 6.45) is 3.37. The van der Waals surface area contributed by atoms with Crippen LogP contribution in [0.4, 0.5) is 5.69 Å². The fourth-order valence-electron chi connectivity index (χ4n) is 2.45. The Bertz CT molecular complexity index is 817. The van der Waals surface area contributed by atoms with Gasteiger partial charge < -0.3 is 16.4 Å². The minimum absolute atomic E-state index is 0.0847. The Morgan fingerprint density at radius 3 is 2.48 bits per heavy atom. The molecule has 2 rings (SSSR count). The summed E-state index contributed by atoms with van der Waals surface area (Å²) in [5.41, 5.74) is 5.94. The molecule has 8 nitrogen and oxygen atoms in total. The molecule has 1 atom stereocenters. The molecular weight excluding hydrogens is 370 g/mol. The number of rotatable bonds is 8. The van der Waals surface area contributed by atoms with E-state index < -0.39 is 11.9 Å². The number of amides is 3. The summed E-state index contributed by atoms with van der Waals surface area (Å²) < 4.78 is 1.32. The van der Waals surface area contributed by atoms with E-state index in [0.717, 1.165) is 0 Å². The molecule has 0 aliphatic carbocycles. The van der Waals surface area contributed by atoms with Crippen LogP contribution >= 0.6 is 11.6 Å². The number of aromatic nitrogens is 2. The summed E-state index contributed by atoms with van der Waals surface area (Å²) in [6, 6.07) is 5.68. The predicted octanol–water partition coefficient (Wildman–Crippen LogP) is 1.80. The Kier molecular flexibility index (Phi) is 6.95. The summed E-state index contributed by atoms with van der Waals surface area (Å²) in [7, 11) is 0. The highest BCUT2D eigenvalue weighted by Gasteiger charge is 2.23. The van der Waals surface area contributed by atoms with Gasteiger partial charge in [0.1, 0.15) is 12.6 Å². The third-order valence-corrected chi connectivity index (χ3v) is 3.91. The van der Waals surface area contributed by atoms with Crippen LogP contribution in [0.3, 0.4) is 0 Å². The van der Waals surface area contributed by atoms with Crippen molar-refractivity contribution in [1.82, 2.24) is 15.1 Å². The van der Waals surface area contributed by atoms with Crippen molar-refractivity contribution < 1.29 is 14.4 Å². The lowest BCUT2D eigenvalue weighted by atomic mass is 10.0. The van der Waals surface area contributed by atoms with Gasteiger partial charge in [0, 0.05) is 16.8 Å². The zero-order valence-electron chi connectivity index (χ0n) is 15.1. The van der Waals surface area contributed by atoms with Crippen molar-refractivity contribution in [2.75, 3.05) is 5.32 Å². The molecule has 0 spiro atoms. The molecule has 1 aromatic carbocycles. The molecule has 0 aliphatic rings. The summed E-state index contributed by atoms with van der Waals surface area (Å²) in [5, 5.41) is 9.92. The smallest absolute Gasteiger partial charge is 0.251 e. The molecule has 1 heterocycles. The van der Waals surface area contributed by atoms with Crippen molar-refractivity contribution in [3.63, 3.8) is 0 Å². The van der Waals surface area contributed by atoms with Crippen LogP contribution in [0.2, 0.25) is 5.02 Å². The maximum absolute atomic E-state index is 12.6. The Hall–Kier alpha value is -2.87. The minimum Gasteiger partial charge on any atom is -0.368 e. The van der Waals surface area contributed by atoms with Crippen LogP contribution in [0, 0.1) is 5.92 Å². The average molecular weight is 392 g/mol. The van der Waals surface area contributed by atoms with Crippen LogP contribution in [0.5, 0.6) is 0 Å². The molecule has 0 bridgehead atoms. The van der Waals surface area contributed by atoms with Crippen LogP contribution in [0.25, 0.3) is 0 Å². The minimum atomic E-state index is -0.729. The Labute approximate surface area is 162 Å². The maximum atomic E-state index is 12.6. The van der Waals surface area contributed by atoms with E-state index in [1.165, 1.54) is 17.1 Å². The zero-order chi connectivity index (χ0) is 20.0. The molecule has 0 fully saturated rings. The number of nitrogens with zero attached hydrogens (tertiary/aromatic N) is 2. The molecule has 0 radical (unpaired) electrons. The number of nitrogens with two attached hydrogens (primary N) is 1. The summed E-state index contributed by atoms with van der Waals surface area (Å²) in [6.45, 7) is 3.83. The lowest BCUT2D eigenvalue weighted by Gasteiger charge is -2.20. The van der Waals surface area contributed by atoms with Crippen LogP contribution < -0.4 is 16.4 Å². The van der Waals surface area contributed by atoms with E-state index in [9.17, 15) is 14.4 Å². The second-order valence-electron chi connectivity index (χ2n) is 6.54. The summed E-state index contributed by atoms with van der Waals surface area (Å²) in [4.78, 5) is 36.0. The first-order valence-electron chi connectivity index (χ1n) is 8.42. The van der Waals surface area contributed by atoms with Crippen molar-refractivity contribution in [2.45, 2.75) is 32.9 Å². The zero-order valence-corrected chi connectivity index (χ0v) is 15.9. The fourth-order valence-corrected chi connectivity index (χ4v) is 2.58. The number of benzene rings is 1. The van der Waals surface area contributed by atoms with Gasteiger partial charge in [0.05, 0.1) is 11.9 Å². The number of halogens is 1. The second-order valence-corrected chi connectivity index (χ2v) is 6.98. The molecule has 2 aromatic rings. The SMILES string of the molecule is CC(C)CC(NC(=O)c1ccc(Cl)cc1)C(=O)Nc1cnn(CC(N)=O)c1. The van der Waals surface area contributed by atoms with Gasteiger partial charge in [-0.2, -0.15) is 5.10 Å². The number of carbonyl (C=O) groups is 3. The molecule has 144 valence electrons. The number of primary amides is 1. The lowest BCUT2D eigenvalue weighted by Crippen LogP contribution is -2.44. The Morgan fingerprint density at radius 2 is 1.89 bits per heavy atom. The normalized spacial score (nSPS) is 11.9. The Balaban J connectivity index is 2.06. The monoisotopic (exact) mass is 391 g/mol. The highest BCUT2D eigenvalue weighted by atomic mass is 35.5. The predicted molar refractivity (Wildman–Crippen MR) is 102 cm³/mol. The third kappa shape index (κ3) is 6.41. The quantitative estimate of drug-likeness (QED) is 0.635. The van der Waals surface area contributed by atoms with Crippen molar-refractivity contribution in [3.8, 4) is 0 Å². The number of carbonyl (C=O) groups excluding carboxylic acids is 3. The van der Waals surface area contributed by atoms with Gasteiger partial charge in [-0.15, -0.1) is 0 Å². The van der Waals surface area contributed by atoms with E-state index in [1.807, 2.05) is 13.8 Å². The van der Waals surface area contributed by atoms with Gasteiger partial charge in [0.2, 0.25) is 11.8 Å². The largest absolute Gasteiger partial charge is 0.368 e. The van der Waals surface area contributed by atoms with Crippen molar-refractivity contribution in [1.29, 1.82) is 0 Å². The van der Waals surface area contributed by atoms with Gasteiger partial charge in [-0.25, -0.2) is 0 Å². The molecule has 0 aliphatic heterocycles. The number of hydrogen-bond acceptors (Lipinski definition) is 4. The first-order chi connectivity index (χ1) is 12.7. The van der Waals surface area contributed by atoms with Gasteiger partial charge in [0.15, 0.2) is 0 Å². The molecule has 0 saturated carbocycles. The molecule has 27 heavy (non-hydrogen) atoms. The number of hydrogen-bond donors (Lipinski definition) is 3. The number of anilines is 1. The lowest BCUT2D eigenvalue weighted by molar-refractivity contribution is -0.119. The molecule has 3 amide bonds. The first-order valence-corrected chi connectivity index (χ1v) is 8.80. The van der Waals surface area contributed by atoms with Gasteiger partial charge in [-0.1, -0.05) is 25.4 Å². The maximum Gasteiger partial charge on any atom is 0.251 e. The Morgan fingerprint density at radius 1 is 1.22 bits per heavy atom. The van der Waals surface area contributed by atoms with Crippen molar-refractivity contribution >= 4 is 35.0 Å². The van der Waals surface area contributed by atoms with E-state index in [1.54, 1.807) is 24.3 Å². The van der Waals surface area contributed by atoms with Gasteiger partial charge in [-0.3, -0.25) is 19.1 Å². The van der Waals surface area contributed by atoms with Gasteiger partial charge in [0.25, 0.3) is 5.91 Å². The molecular formula is C18H22ClN5O3. The molecule has 9 heteroatoms. The number of nitrogens with one attached hydrogen (secondary N) is 2. The van der Waals surface area contributed by atoms with E-state index >= 15 is 0 Å². The van der Waals surface area contributed by atoms with Gasteiger partial charge in [-0.05, 0) is 36.6 Å². The standard InChI is InChI=1S/C18H22ClN5O3/c1-11(2)7-15(23-17(26)12-3-5-13(19)6-4-12)18(27)22-14-8-21-24(9-14)10-16(20)25/h3-6,8-9,11,15H,7,10H2,1-2H3,(H2,20,25)(H,22,27)(H,23,26). The van der Waals surface area contributed by atoms with E-state index in [2.05, 4.69) is 15.7 Å². The highest BCUT2D eigenvalue weighted by molar-refractivity contribution is 6.30. The van der Waals surface area contributed by atoms with E-state index in [4.69, 9.17) is 17.3 Å². The molecule has 1 aromatic heterocycles. The summed E-state index contributed by atoms with van der Waals surface area (Å²) in [5.74, 6) is -1.09. The van der Waals surface area contributed by atoms with Crippen LogP contribution in [0.1, 0.15) is 30.6 Å². The first kappa shape index (κ1) is 20.4. The topological polar surface area (TPSA) is 119 Å². The van der Waals surface area contributed by atoms with E-state index in [-0.39, 0.29) is 24.3 Å². The molecule has 4 N–H and O–H groups in total. The molecule has 1 unspecified atom stereocenters. The average Bonchev–Trinajstić information content (AvgIpc) is 3.00. The third-order valence-electron chi connectivity index (χ3n) is 3.65. The van der Waals surface area contributed by atoms with Gasteiger partial charge >= 0.3 is 0 Å². The van der Waals surface area contributed by atoms with Crippen LogP contribution in [-0.2, 0) is 16.1 Å².